The van der Waals surface area contributed by atoms with E-state index in [1.807, 2.05) is 39.8 Å². The molecule has 1 amide bonds. The van der Waals surface area contributed by atoms with Gasteiger partial charge in [0.05, 0.1) is 5.75 Å². The van der Waals surface area contributed by atoms with Crippen LogP contribution in [0.2, 0.25) is 0 Å². The van der Waals surface area contributed by atoms with Crippen LogP contribution in [0.4, 0.5) is 5.69 Å². The molecule has 0 aliphatic heterocycles. The topological polar surface area (TPSA) is 74.8 Å². The summed E-state index contributed by atoms with van der Waals surface area (Å²) in [6.07, 6.45) is 0.645. The molecule has 0 bridgehead atoms. The summed E-state index contributed by atoms with van der Waals surface area (Å²) in [7, 11) is 0. The predicted molar refractivity (Wildman–Crippen MR) is 94.2 cm³/mol. The maximum Gasteiger partial charge on any atom is 0.254 e. The van der Waals surface area contributed by atoms with Gasteiger partial charge in [0.25, 0.3) is 5.56 Å². The van der Waals surface area contributed by atoms with Gasteiger partial charge in [0.1, 0.15) is 0 Å². The zero-order chi connectivity index (χ0) is 17.0. The number of aryl methyl sites for hydroxylation is 3. The lowest BCUT2D eigenvalue weighted by atomic mass is 10.1. The molecule has 2 aromatic rings. The van der Waals surface area contributed by atoms with Crippen molar-refractivity contribution in [1.82, 2.24) is 9.97 Å². The molecule has 23 heavy (non-hydrogen) atoms. The Labute approximate surface area is 139 Å². The maximum absolute atomic E-state index is 12.0. The molecule has 1 aromatic carbocycles. The number of anilines is 1. The van der Waals surface area contributed by atoms with Gasteiger partial charge < -0.3 is 10.3 Å². The van der Waals surface area contributed by atoms with Crippen molar-refractivity contribution >= 4 is 23.4 Å². The van der Waals surface area contributed by atoms with Crippen LogP contribution < -0.4 is 10.9 Å². The average Bonchev–Trinajstić information content (AvgIpc) is 2.43. The number of benzene rings is 1. The van der Waals surface area contributed by atoms with Crippen LogP contribution in [0.25, 0.3) is 0 Å². The van der Waals surface area contributed by atoms with Gasteiger partial charge in [-0.15, -0.1) is 0 Å². The number of hydrogen-bond donors (Lipinski definition) is 2. The van der Waals surface area contributed by atoms with Crippen molar-refractivity contribution in [2.45, 2.75) is 39.3 Å². The van der Waals surface area contributed by atoms with E-state index in [1.165, 1.54) is 11.8 Å². The molecule has 0 spiro atoms. The van der Waals surface area contributed by atoms with E-state index in [0.717, 1.165) is 16.8 Å². The normalized spacial score (nSPS) is 10.6. The number of nitrogens with one attached hydrogen (secondary N) is 2. The number of carbonyl (C=O) groups excluding carboxylic acids is 1. The summed E-state index contributed by atoms with van der Waals surface area (Å²) >= 11 is 1.22. The number of H-pyrrole nitrogens is 1. The number of nitrogens with zero attached hydrogens (tertiary/aromatic N) is 1. The fourth-order valence-corrected chi connectivity index (χ4v) is 3.15. The summed E-state index contributed by atoms with van der Waals surface area (Å²) in [5.74, 6) is 0.0702. The van der Waals surface area contributed by atoms with Crippen molar-refractivity contribution in [2.24, 2.45) is 0 Å². The SMILES string of the molecule is CCc1c(C)nc(SCC(=O)Nc2cc(C)cc(C)c2)[nH]c1=O. The molecule has 0 atom stereocenters. The molecule has 1 heterocycles. The van der Waals surface area contributed by atoms with Crippen LogP contribution in [0.15, 0.2) is 28.2 Å². The first-order chi connectivity index (χ1) is 10.9. The van der Waals surface area contributed by atoms with Gasteiger partial charge in [0.2, 0.25) is 5.91 Å². The number of hydrogen-bond acceptors (Lipinski definition) is 4. The van der Waals surface area contributed by atoms with E-state index in [1.54, 1.807) is 0 Å². The third-order valence-corrected chi connectivity index (χ3v) is 4.27. The average molecular weight is 331 g/mol. The molecule has 0 saturated carbocycles. The minimum atomic E-state index is -0.128. The van der Waals surface area contributed by atoms with Crippen molar-refractivity contribution in [3.05, 3.63) is 50.9 Å². The molecule has 0 aliphatic rings. The highest BCUT2D eigenvalue weighted by molar-refractivity contribution is 7.99. The summed E-state index contributed by atoms with van der Waals surface area (Å²) in [5, 5.41) is 3.34. The zero-order valence-corrected chi connectivity index (χ0v) is 14.6. The Hall–Kier alpha value is -2.08. The monoisotopic (exact) mass is 331 g/mol. The number of aromatic amines is 1. The Bertz CT molecular complexity index is 764. The predicted octanol–water partition coefficient (Wildman–Crippen LogP) is 2.99. The van der Waals surface area contributed by atoms with E-state index < -0.39 is 0 Å². The number of aromatic nitrogens is 2. The van der Waals surface area contributed by atoms with Gasteiger partial charge >= 0.3 is 0 Å². The van der Waals surface area contributed by atoms with Crippen LogP contribution >= 0.6 is 11.8 Å². The number of amides is 1. The maximum atomic E-state index is 12.0. The van der Waals surface area contributed by atoms with Crippen LogP contribution in [0, 0.1) is 20.8 Å². The Balaban J connectivity index is 2.00. The standard InChI is InChI=1S/C17H21N3O2S/c1-5-14-12(4)18-17(20-16(14)22)23-9-15(21)19-13-7-10(2)6-11(3)8-13/h6-8H,5,9H2,1-4H3,(H,19,21)(H,18,20,22). The fraction of sp³-hybridized carbons (Fsp3) is 0.353. The van der Waals surface area contributed by atoms with Crippen LogP contribution in [-0.4, -0.2) is 21.6 Å². The third kappa shape index (κ3) is 4.69. The second-order valence-electron chi connectivity index (χ2n) is 5.50. The lowest BCUT2D eigenvalue weighted by Crippen LogP contribution is -2.18. The van der Waals surface area contributed by atoms with Crippen molar-refractivity contribution in [3.63, 3.8) is 0 Å². The minimum Gasteiger partial charge on any atom is -0.325 e. The lowest BCUT2D eigenvalue weighted by molar-refractivity contribution is -0.113. The smallest absolute Gasteiger partial charge is 0.254 e. The fourth-order valence-electron chi connectivity index (χ4n) is 2.45. The highest BCUT2D eigenvalue weighted by atomic mass is 32.2. The molecule has 0 saturated heterocycles. The summed E-state index contributed by atoms with van der Waals surface area (Å²) in [6, 6.07) is 5.91. The number of carbonyl (C=O) groups is 1. The molecular weight excluding hydrogens is 310 g/mol. The first-order valence-corrected chi connectivity index (χ1v) is 8.48. The first kappa shape index (κ1) is 17.3. The van der Waals surface area contributed by atoms with E-state index in [-0.39, 0.29) is 17.2 Å². The molecule has 0 fully saturated rings. The molecule has 1 aromatic heterocycles. The Morgan fingerprint density at radius 2 is 1.87 bits per heavy atom. The minimum absolute atomic E-state index is 0.125. The van der Waals surface area contributed by atoms with Gasteiger partial charge in [-0.1, -0.05) is 24.8 Å². The molecular formula is C17H21N3O2S. The quantitative estimate of drug-likeness (QED) is 0.652. The molecule has 5 nitrogen and oxygen atoms in total. The van der Waals surface area contributed by atoms with Crippen LogP contribution in [0.5, 0.6) is 0 Å². The summed E-state index contributed by atoms with van der Waals surface area (Å²) in [5.41, 5.74) is 4.27. The summed E-state index contributed by atoms with van der Waals surface area (Å²) < 4.78 is 0. The van der Waals surface area contributed by atoms with E-state index >= 15 is 0 Å². The van der Waals surface area contributed by atoms with Gasteiger partial charge in [0, 0.05) is 16.9 Å². The van der Waals surface area contributed by atoms with E-state index in [9.17, 15) is 9.59 Å². The van der Waals surface area contributed by atoms with Crippen molar-refractivity contribution in [3.8, 4) is 0 Å². The van der Waals surface area contributed by atoms with Gasteiger partial charge in [0.15, 0.2) is 5.16 Å². The Morgan fingerprint density at radius 1 is 1.22 bits per heavy atom. The highest BCUT2D eigenvalue weighted by Gasteiger charge is 2.09. The summed E-state index contributed by atoms with van der Waals surface area (Å²) in [4.78, 5) is 31.0. The highest BCUT2D eigenvalue weighted by Crippen LogP contribution is 2.16. The van der Waals surface area contributed by atoms with Gasteiger partial charge in [-0.2, -0.15) is 0 Å². The Morgan fingerprint density at radius 3 is 2.43 bits per heavy atom. The van der Waals surface area contributed by atoms with E-state index in [0.29, 0.717) is 22.8 Å². The summed E-state index contributed by atoms with van der Waals surface area (Å²) in [6.45, 7) is 7.71. The van der Waals surface area contributed by atoms with Gasteiger partial charge in [-0.25, -0.2) is 4.98 Å². The molecule has 0 aliphatic carbocycles. The van der Waals surface area contributed by atoms with Crippen molar-refractivity contribution in [2.75, 3.05) is 11.1 Å². The first-order valence-electron chi connectivity index (χ1n) is 7.49. The third-order valence-electron chi connectivity index (χ3n) is 3.40. The molecule has 0 unspecified atom stereocenters. The van der Waals surface area contributed by atoms with Crippen molar-refractivity contribution in [1.29, 1.82) is 0 Å². The number of thioether (sulfide) groups is 1. The number of rotatable bonds is 5. The zero-order valence-electron chi connectivity index (χ0n) is 13.8. The van der Waals surface area contributed by atoms with E-state index in [4.69, 9.17) is 0 Å². The van der Waals surface area contributed by atoms with Crippen LogP contribution in [0.1, 0.15) is 29.3 Å². The van der Waals surface area contributed by atoms with Crippen LogP contribution in [-0.2, 0) is 11.2 Å². The van der Waals surface area contributed by atoms with E-state index in [2.05, 4.69) is 21.4 Å². The van der Waals surface area contributed by atoms with Crippen LogP contribution in [0.3, 0.4) is 0 Å². The van der Waals surface area contributed by atoms with Gasteiger partial charge in [-0.3, -0.25) is 9.59 Å². The second kappa shape index (κ2) is 7.46. The molecule has 0 radical (unpaired) electrons. The molecule has 6 heteroatoms. The van der Waals surface area contributed by atoms with Gasteiger partial charge in [-0.05, 0) is 50.5 Å². The second-order valence-corrected chi connectivity index (χ2v) is 6.47. The Kier molecular flexibility index (Phi) is 5.60. The lowest BCUT2D eigenvalue weighted by Gasteiger charge is -2.08. The molecule has 122 valence electrons. The molecule has 2 rings (SSSR count). The molecule has 2 N–H and O–H groups in total. The largest absolute Gasteiger partial charge is 0.325 e. The van der Waals surface area contributed by atoms with Crippen molar-refractivity contribution < 1.29 is 4.79 Å².